The van der Waals surface area contributed by atoms with E-state index in [2.05, 4.69) is 10.4 Å². The Morgan fingerprint density at radius 1 is 1.60 bits per heavy atom. The van der Waals surface area contributed by atoms with Gasteiger partial charge in [-0.3, -0.25) is 9.48 Å². The lowest BCUT2D eigenvalue weighted by Gasteiger charge is -2.16. The minimum Gasteiger partial charge on any atom is -0.464 e. The summed E-state index contributed by atoms with van der Waals surface area (Å²) in [6.45, 7) is 2.01. The van der Waals surface area contributed by atoms with Crippen LogP contribution in [0, 0.1) is 0 Å². The molecular formula is C12H18ClN3O3S. The van der Waals surface area contributed by atoms with Crippen LogP contribution in [0.3, 0.4) is 0 Å². The molecule has 0 spiro atoms. The van der Waals surface area contributed by atoms with Crippen LogP contribution in [0.2, 0.25) is 5.15 Å². The molecule has 0 saturated heterocycles. The third-order valence-electron chi connectivity index (χ3n) is 2.57. The minimum atomic E-state index is -0.663. The number of carbonyl (C=O) groups is 2. The largest absolute Gasteiger partial charge is 0.464 e. The molecule has 1 atom stereocenters. The van der Waals surface area contributed by atoms with E-state index in [-0.39, 0.29) is 11.8 Å². The molecule has 0 aliphatic carbocycles. The highest BCUT2D eigenvalue weighted by Gasteiger charge is 2.23. The van der Waals surface area contributed by atoms with Gasteiger partial charge >= 0.3 is 5.97 Å². The second-order valence-corrected chi connectivity index (χ2v) is 5.41. The number of aromatic nitrogens is 2. The van der Waals surface area contributed by atoms with E-state index in [9.17, 15) is 9.59 Å². The fourth-order valence-electron chi connectivity index (χ4n) is 1.60. The monoisotopic (exact) mass is 319 g/mol. The first kappa shape index (κ1) is 16.8. The number of hydrogen-bond donors (Lipinski definition) is 1. The second kappa shape index (κ2) is 8.16. The Labute approximate surface area is 127 Å². The molecule has 0 fully saturated rings. The van der Waals surface area contributed by atoms with Crippen LogP contribution in [-0.2, 0) is 16.6 Å². The van der Waals surface area contributed by atoms with E-state index in [1.54, 1.807) is 25.7 Å². The summed E-state index contributed by atoms with van der Waals surface area (Å²) >= 11 is 7.33. The number of rotatable bonds is 7. The third-order valence-corrected chi connectivity index (χ3v) is 3.40. The fourth-order valence-corrected chi connectivity index (χ4v) is 2.29. The van der Waals surface area contributed by atoms with E-state index in [1.807, 2.05) is 6.26 Å². The van der Waals surface area contributed by atoms with Crippen molar-refractivity contribution in [2.24, 2.45) is 7.05 Å². The van der Waals surface area contributed by atoms with Crippen LogP contribution in [-0.4, -0.2) is 46.3 Å². The van der Waals surface area contributed by atoms with Gasteiger partial charge in [0.1, 0.15) is 11.7 Å². The minimum absolute atomic E-state index is 0.231. The molecule has 6 nitrogen and oxygen atoms in total. The molecule has 0 unspecified atom stereocenters. The first-order valence-corrected chi connectivity index (χ1v) is 7.92. The summed E-state index contributed by atoms with van der Waals surface area (Å²) in [6.07, 6.45) is 2.45. The molecule has 0 saturated carbocycles. The molecule has 1 aromatic rings. The van der Waals surface area contributed by atoms with Crippen molar-refractivity contribution in [2.45, 2.75) is 19.4 Å². The molecule has 0 bridgehead atoms. The normalized spacial score (nSPS) is 12.0. The van der Waals surface area contributed by atoms with Gasteiger partial charge in [0.05, 0.1) is 6.61 Å². The predicted molar refractivity (Wildman–Crippen MR) is 79.1 cm³/mol. The quantitative estimate of drug-likeness (QED) is 0.771. The Balaban J connectivity index is 2.75. The smallest absolute Gasteiger partial charge is 0.328 e. The van der Waals surface area contributed by atoms with Crippen molar-refractivity contribution in [1.82, 2.24) is 15.1 Å². The Bertz CT molecular complexity index is 479. The maximum Gasteiger partial charge on any atom is 0.328 e. The molecule has 0 aliphatic heterocycles. The summed E-state index contributed by atoms with van der Waals surface area (Å²) in [6, 6.07) is 0.789. The van der Waals surface area contributed by atoms with Gasteiger partial charge in [-0.1, -0.05) is 11.6 Å². The number of ether oxygens (including phenoxy) is 1. The molecule has 0 radical (unpaired) electrons. The topological polar surface area (TPSA) is 73.2 Å². The van der Waals surface area contributed by atoms with E-state index in [1.165, 1.54) is 10.7 Å². The van der Waals surface area contributed by atoms with Gasteiger partial charge in [0.25, 0.3) is 5.91 Å². The highest BCUT2D eigenvalue weighted by Crippen LogP contribution is 2.10. The van der Waals surface area contributed by atoms with Gasteiger partial charge in [-0.15, -0.1) is 0 Å². The van der Waals surface area contributed by atoms with Crippen molar-refractivity contribution in [1.29, 1.82) is 0 Å². The van der Waals surface area contributed by atoms with E-state index in [0.29, 0.717) is 12.1 Å². The lowest BCUT2D eigenvalue weighted by atomic mass is 10.2. The molecule has 1 N–H and O–H groups in total. The van der Waals surface area contributed by atoms with E-state index >= 15 is 0 Å². The van der Waals surface area contributed by atoms with Crippen LogP contribution in [0.25, 0.3) is 0 Å². The number of thioether (sulfide) groups is 1. The molecule has 1 heterocycles. The highest BCUT2D eigenvalue weighted by molar-refractivity contribution is 7.98. The number of hydrogen-bond acceptors (Lipinski definition) is 5. The number of carbonyl (C=O) groups excluding carboxylic acids is 2. The lowest BCUT2D eigenvalue weighted by Crippen LogP contribution is -2.42. The number of amides is 1. The molecule has 0 aliphatic rings. The number of nitrogens with zero attached hydrogens (tertiary/aromatic N) is 2. The van der Waals surface area contributed by atoms with E-state index in [0.717, 1.165) is 5.75 Å². The summed E-state index contributed by atoms with van der Waals surface area (Å²) in [4.78, 5) is 23.9. The van der Waals surface area contributed by atoms with Crippen molar-refractivity contribution >= 4 is 35.2 Å². The Hall–Kier alpha value is -1.21. The van der Waals surface area contributed by atoms with Crippen molar-refractivity contribution in [3.63, 3.8) is 0 Å². The maximum absolute atomic E-state index is 12.1. The van der Waals surface area contributed by atoms with E-state index in [4.69, 9.17) is 16.3 Å². The van der Waals surface area contributed by atoms with Crippen molar-refractivity contribution in [2.75, 3.05) is 18.6 Å². The van der Waals surface area contributed by atoms with Crippen LogP contribution in [0.1, 0.15) is 23.8 Å². The molecule has 1 amide bonds. The van der Waals surface area contributed by atoms with E-state index < -0.39 is 17.9 Å². The van der Waals surface area contributed by atoms with Gasteiger partial charge in [0.15, 0.2) is 5.15 Å². The van der Waals surface area contributed by atoms with Crippen LogP contribution < -0.4 is 5.32 Å². The van der Waals surface area contributed by atoms with Gasteiger partial charge in [-0.25, -0.2) is 4.79 Å². The molecule has 1 aromatic heterocycles. The Kier molecular flexibility index (Phi) is 6.87. The van der Waals surface area contributed by atoms with Crippen molar-refractivity contribution in [3.8, 4) is 0 Å². The summed E-state index contributed by atoms with van der Waals surface area (Å²) in [5, 5.41) is 6.78. The number of halogens is 1. The molecular weight excluding hydrogens is 302 g/mol. The zero-order chi connectivity index (χ0) is 15.1. The maximum atomic E-state index is 12.1. The summed E-state index contributed by atoms with van der Waals surface area (Å²) in [7, 11) is 1.61. The predicted octanol–water partition coefficient (Wildman–Crippen LogP) is 1.49. The van der Waals surface area contributed by atoms with Gasteiger partial charge in [-0.2, -0.15) is 16.9 Å². The third kappa shape index (κ3) is 4.72. The number of aryl methyl sites for hydroxylation is 1. The zero-order valence-electron chi connectivity index (χ0n) is 11.7. The van der Waals surface area contributed by atoms with Crippen LogP contribution in [0.5, 0.6) is 0 Å². The molecule has 20 heavy (non-hydrogen) atoms. The highest BCUT2D eigenvalue weighted by atomic mass is 35.5. The molecule has 8 heteroatoms. The molecule has 1 rings (SSSR count). The lowest BCUT2D eigenvalue weighted by molar-refractivity contribution is -0.145. The first-order chi connectivity index (χ1) is 9.49. The first-order valence-electron chi connectivity index (χ1n) is 6.15. The Morgan fingerprint density at radius 2 is 2.30 bits per heavy atom. The summed E-state index contributed by atoms with van der Waals surface area (Å²) in [5.41, 5.74) is 0.299. The summed E-state index contributed by atoms with van der Waals surface area (Å²) < 4.78 is 6.33. The average Bonchev–Trinajstić information content (AvgIpc) is 2.73. The summed E-state index contributed by atoms with van der Waals surface area (Å²) in [5.74, 6) is -0.0789. The van der Waals surface area contributed by atoms with Crippen LogP contribution in [0.15, 0.2) is 6.07 Å². The molecule has 112 valence electrons. The average molecular weight is 320 g/mol. The van der Waals surface area contributed by atoms with Crippen molar-refractivity contribution < 1.29 is 14.3 Å². The van der Waals surface area contributed by atoms with Gasteiger partial charge in [0, 0.05) is 13.1 Å². The van der Waals surface area contributed by atoms with Gasteiger partial charge in [0.2, 0.25) is 0 Å². The zero-order valence-corrected chi connectivity index (χ0v) is 13.3. The number of esters is 1. The van der Waals surface area contributed by atoms with Gasteiger partial charge in [-0.05, 0) is 25.4 Å². The SMILES string of the molecule is CCOC(=O)[C@H](CCSC)NC(=O)c1cc(Cl)nn1C. The van der Waals surface area contributed by atoms with Crippen LogP contribution >= 0.6 is 23.4 Å². The number of nitrogens with one attached hydrogen (secondary N) is 1. The fraction of sp³-hybridized carbons (Fsp3) is 0.583. The van der Waals surface area contributed by atoms with Crippen LogP contribution in [0.4, 0.5) is 0 Å². The second-order valence-electron chi connectivity index (χ2n) is 4.04. The molecule has 0 aromatic carbocycles. The van der Waals surface area contributed by atoms with Gasteiger partial charge < -0.3 is 10.1 Å². The Morgan fingerprint density at radius 3 is 2.80 bits per heavy atom. The van der Waals surface area contributed by atoms with Crippen molar-refractivity contribution in [3.05, 3.63) is 16.9 Å². The standard InChI is InChI=1S/C12H18ClN3O3S/c1-4-19-12(18)8(5-6-20-3)14-11(17)9-7-10(13)15-16(9)2/h7-8H,4-6H2,1-3H3,(H,14,17)/t8-/m0/s1.